The van der Waals surface area contributed by atoms with Gasteiger partial charge in [0.1, 0.15) is 24.4 Å². The van der Waals surface area contributed by atoms with E-state index in [2.05, 4.69) is 48.4 Å². The summed E-state index contributed by atoms with van der Waals surface area (Å²) in [5, 5.41) is 15.3. The number of anilines is 1. The minimum atomic E-state index is -0.169. The van der Waals surface area contributed by atoms with Gasteiger partial charge in [0.15, 0.2) is 0 Å². The zero-order chi connectivity index (χ0) is 26.2. The van der Waals surface area contributed by atoms with Crippen LogP contribution in [-0.4, -0.2) is 46.3 Å². The van der Waals surface area contributed by atoms with Gasteiger partial charge >= 0.3 is 0 Å². The molecular formula is C27H20ClN9O2. The first-order chi connectivity index (χ1) is 19.0. The molecule has 0 spiro atoms. The van der Waals surface area contributed by atoms with Crippen molar-refractivity contribution in [2.75, 3.05) is 11.9 Å². The fourth-order valence-corrected chi connectivity index (χ4v) is 5.94. The molecule has 3 aliphatic rings. The van der Waals surface area contributed by atoms with Crippen molar-refractivity contribution in [3.63, 3.8) is 0 Å². The number of halogens is 1. The maximum atomic E-state index is 13.6. The van der Waals surface area contributed by atoms with Gasteiger partial charge in [0, 0.05) is 34.0 Å². The Morgan fingerprint density at radius 3 is 2.95 bits per heavy atom. The summed E-state index contributed by atoms with van der Waals surface area (Å²) in [7, 11) is 0. The van der Waals surface area contributed by atoms with E-state index in [0.29, 0.717) is 35.0 Å². The Kier molecular flexibility index (Phi) is 4.63. The number of hydrogen-bond acceptors (Lipinski definition) is 8. The Labute approximate surface area is 226 Å². The molecule has 3 atom stereocenters. The van der Waals surface area contributed by atoms with Crippen LogP contribution in [0, 0.1) is 5.92 Å². The molecule has 12 heteroatoms. The fourth-order valence-electron chi connectivity index (χ4n) is 5.77. The predicted molar refractivity (Wildman–Crippen MR) is 143 cm³/mol. The molecule has 8 rings (SSSR count). The van der Waals surface area contributed by atoms with Crippen molar-refractivity contribution in [3.05, 3.63) is 94.2 Å². The summed E-state index contributed by atoms with van der Waals surface area (Å²) in [5.41, 5.74) is 6.27. The van der Waals surface area contributed by atoms with E-state index in [0.717, 1.165) is 51.8 Å². The van der Waals surface area contributed by atoms with Gasteiger partial charge in [0.25, 0.3) is 5.56 Å². The van der Waals surface area contributed by atoms with Crippen molar-refractivity contribution >= 4 is 17.3 Å². The first kappa shape index (κ1) is 22.2. The van der Waals surface area contributed by atoms with Crippen molar-refractivity contribution < 1.29 is 4.74 Å². The average Bonchev–Trinajstić information content (AvgIpc) is 3.28. The van der Waals surface area contributed by atoms with Crippen molar-refractivity contribution in [2.45, 2.75) is 18.4 Å². The maximum absolute atomic E-state index is 13.6. The van der Waals surface area contributed by atoms with Gasteiger partial charge in [0.2, 0.25) is 5.88 Å². The van der Waals surface area contributed by atoms with Crippen molar-refractivity contribution in [1.29, 1.82) is 0 Å². The molecule has 39 heavy (non-hydrogen) atoms. The van der Waals surface area contributed by atoms with Crippen LogP contribution in [0.25, 0.3) is 28.2 Å². The van der Waals surface area contributed by atoms with E-state index < -0.39 is 0 Å². The highest BCUT2D eigenvalue weighted by atomic mass is 35.5. The highest BCUT2D eigenvalue weighted by Crippen LogP contribution is 2.60. The summed E-state index contributed by atoms with van der Waals surface area (Å²) < 4.78 is 9.14. The molecular weight excluding hydrogens is 518 g/mol. The van der Waals surface area contributed by atoms with Gasteiger partial charge in [-0.2, -0.15) is 4.68 Å². The number of fused-ring (bicyclic) bond motifs is 4. The largest absolute Gasteiger partial charge is 0.470 e. The van der Waals surface area contributed by atoms with Crippen LogP contribution in [0.3, 0.4) is 0 Å². The fraction of sp³-hybridized carbons (Fsp3) is 0.185. The van der Waals surface area contributed by atoms with E-state index >= 15 is 0 Å². The first-order valence-electron chi connectivity index (χ1n) is 12.5. The molecule has 1 fully saturated rings. The molecule has 0 radical (unpaired) electrons. The maximum Gasteiger partial charge on any atom is 0.252 e. The minimum Gasteiger partial charge on any atom is -0.470 e. The second kappa shape index (κ2) is 8.11. The van der Waals surface area contributed by atoms with E-state index in [1.165, 1.54) is 6.33 Å². The van der Waals surface area contributed by atoms with E-state index in [4.69, 9.17) is 16.3 Å². The molecule has 192 valence electrons. The van der Waals surface area contributed by atoms with Gasteiger partial charge in [-0.25, -0.2) is 9.97 Å². The number of benzene rings is 1. The molecule has 2 aliphatic heterocycles. The Balaban J connectivity index is 1.17. The van der Waals surface area contributed by atoms with Gasteiger partial charge < -0.3 is 19.6 Å². The third-order valence-corrected chi connectivity index (χ3v) is 7.81. The zero-order valence-electron chi connectivity index (χ0n) is 20.4. The van der Waals surface area contributed by atoms with Crippen molar-refractivity contribution in [2.24, 2.45) is 5.92 Å². The molecule has 4 aromatic heterocycles. The van der Waals surface area contributed by atoms with E-state index in [9.17, 15) is 4.79 Å². The number of pyridine rings is 2. The summed E-state index contributed by atoms with van der Waals surface area (Å²) in [6.07, 6.45) is 4.28. The van der Waals surface area contributed by atoms with Crippen molar-refractivity contribution in [3.8, 4) is 34.1 Å². The van der Waals surface area contributed by atoms with Crippen LogP contribution in [0.5, 0.6) is 5.88 Å². The SMILES string of the molecule is C=C1COc2nc(-c3cnc(C4C5CC5c5cc(-c6cc(Cl)ccc6-n6cnnn6)cc(=O)n54)[nH]3)ccc2N1. The van der Waals surface area contributed by atoms with E-state index in [1.54, 1.807) is 23.0 Å². The third kappa shape index (κ3) is 3.50. The monoisotopic (exact) mass is 537 g/mol. The molecule has 2 N–H and O–H groups in total. The summed E-state index contributed by atoms with van der Waals surface area (Å²) in [4.78, 5) is 26.3. The van der Waals surface area contributed by atoms with Gasteiger partial charge in [-0.05, 0) is 64.7 Å². The normalized spacial score (nSPS) is 20.5. The molecule has 1 aliphatic carbocycles. The summed E-state index contributed by atoms with van der Waals surface area (Å²) >= 11 is 6.35. The Bertz CT molecular complexity index is 1860. The van der Waals surface area contributed by atoms with Crippen LogP contribution in [-0.2, 0) is 0 Å². The van der Waals surface area contributed by atoms with Gasteiger partial charge in [0.05, 0.1) is 29.3 Å². The summed E-state index contributed by atoms with van der Waals surface area (Å²) in [5.74, 6) is 1.87. The number of nitrogens with zero attached hydrogens (tertiary/aromatic N) is 7. The molecule has 0 saturated heterocycles. The van der Waals surface area contributed by atoms with E-state index in [1.807, 2.05) is 28.8 Å². The van der Waals surface area contributed by atoms with Crippen molar-refractivity contribution in [1.82, 2.24) is 39.7 Å². The highest BCUT2D eigenvalue weighted by Gasteiger charge is 2.54. The number of H-pyrrole nitrogens is 1. The standard InChI is InChI=1S/C27H20ClN9O2/c1-13-11-39-27-20(31-13)4-3-19(33-27)21-10-29-26(32-21)25-18-9-17(18)23-6-14(7-24(38)37(23)25)16-8-15(28)2-5-22(16)36-12-30-34-35-36/h2-8,10,12,17-18,25,31H,1,9,11H2,(H,29,32). The number of tetrazole rings is 1. The lowest BCUT2D eigenvalue weighted by atomic mass is 10.0. The second-order valence-electron chi connectivity index (χ2n) is 9.99. The van der Waals surface area contributed by atoms with Gasteiger partial charge in [-0.3, -0.25) is 4.79 Å². The Morgan fingerprint density at radius 2 is 2.08 bits per heavy atom. The quantitative estimate of drug-likeness (QED) is 0.352. The van der Waals surface area contributed by atoms with Gasteiger partial charge in [-0.1, -0.05) is 18.2 Å². The molecule has 1 saturated carbocycles. The number of hydrogen-bond donors (Lipinski definition) is 2. The molecule has 1 aromatic carbocycles. The average molecular weight is 538 g/mol. The number of aromatic nitrogens is 8. The topological polar surface area (TPSA) is 128 Å². The molecule has 0 amide bonds. The number of nitrogens with one attached hydrogen (secondary N) is 2. The molecule has 11 nitrogen and oxygen atoms in total. The lowest BCUT2D eigenvalue weighted by Crippen LogP contribution is -2.26. The zero-order valence-corrected chi connectivity index (χ0v) is 21.1. The molecule has 6 heterocycles. The van der Waals surface area contributed by atoms with Crippen LogP contribution < -0.4 is 15.6 Å². The molecule has 3 unspecified atom stereocenters. The van der Waals surface area contributed by atoms with Crippen LogP contribution in [0.4, 0.5) is 5.69 Å². The third-order valence-electron chi connectivity index (χ3n) is 7.57. The van der Waals surface area contributed by atoms with Crippen LogP contribution in [0.1, 0.15) is 29.9 Å². The Morgan fingerprint density at radius 1 is 1.15 bits per heavy atom. The van der Waals surface area contributed by atoms with Crippen LogP contribution in [0.15, 0.2) is 72.1 Å². The lowest BCUT2D eigenvalue weighted by Gasteiger charge is -2.20. The number of aromatic amines is 1. The Hall–Kier alpha value is -4.77. The minimum absolute atomic E-state index is 0.0908. The highest BCUT2D eigenvalue weighted by molar-refractivity contribution is 6.31. The number of rotatable bonds is 4. The summed E-state index contributed by atoms with van der Waals surface area (Å²) in [6.45, 7) is 4.27. The predicted octanol–water partition coefficient (Wildman–Crippen LogP) is 3.95. The lowest BCUT2D eigenvalue weighted by molar-refractivity contribution is 0.333. The smallest absolute Gasteiger partial charge is 0.252 e. The molecule has 5 aromatic rings. The van der Waals surface area contributed by atoms with E-state index in [-0.39, 0.29) is 11.6 Å². The van der Waals surface area contributed by atoms with Gasteiger partial charge in [-0.15, -0.1) is 5.10 Å². The number of ether oxygens (including phenoxy) is 1. The number of imidazole rings is 1. The first-order valence-corrected chi connectivity index (χ1v) is 12.8. The summed E-state index contributed by atoms with van der Waals surface area (Å²) in [6, 6.07) is 12.8. The van der Waals surface area contributed by atoms with Crippen LogP contribution in [0.2, 0.25) is 5.02 Å². The second-order valence-corrected chi connectivity index (χ2v) is 10.4. The molecule has 0 bridgehead atoms. The van der Waals surface area contributed by atoms with Crippen LogP contribution >= 0.6 is 11.6 Å².